The van der Waals surface area contributed by atoms with Crippen LogP contribution in [0.4, 0.5) is 5.13 Å². The first-order chi connectivity index (χ1) is 12.6. The van der Waals surface area contributed by atoms with Gasteiger partial charge < -0.3 is 4.42 Å². The molecule has 4 aromatic rings. The highest BCUT2D eigenvalue weighted by Gasteiger charge is 2.28. The number of aromatic nitrogens is 2. The minimum atomic E-state index is -3.76. The predicted octanol–water partition coefficient (Wildman–Crippen LogP) is 4.26. The number of nitrogens with zero attached hydrogens (tertiary/aromatic N) is 3. The second-order valence-corrected chi connectivity index (χ2v) is 8.94. The summed E-state index contributed by atoms with van der Waals surface area (Å²) in [5, 5.41) is 4.05. The molecular weight excluding hydrogens is 390 g/mol. The molecule has 0 fully saturated rings. The molecule has 132 valence electrons. The maximum atomic E-state index is 13.1. The summed E-state index contributed by atoms with van der Waals surface area (Å²) in [7, 11) is -3.76. The lowest BCUT2D eigenvalue weighted by Crippen LogP contribution is -2.30. The summed E-state index contributed by atoms with van der Waals surface area (Å²) >= 11 is 2.77. The Labute approximate surface area is 158 Å². The molecule has 0 saturated carbocycles. The van der Waals surface area contributed by atoms with E-state index < -0.39 is 10.0 Å². The minimum absolute atomic E-state index is 0.0413. The number of rotatable bonds is 6. The Hall–Kier alpha value is -2.49. The van der Waals surface area contributed by atoms with Crippen molar-refractivity contribution in [3.05, 3.63) is 71.4 Å². The Morgan fingerprint density at radius 2 is 1.88 bits per heavy atom. The first-order valence-corrected chi connectivity index (χ1v) is 10.8. The molecule has 1 aromatic carbocycles. The van der Waals surface area contributed by atoms with Crippen LogP contribution in [0.2, 0.25) is 0 Å². The van der Waals surface area contributed by atoms with Crippen molar-refractivity contribution in [2.24, 2.45) is 0 Å². The first-order valence-electron chi connectivity index (χ1n) is 7.60. The first kappa shape index (κ1) is 17.0. The average Bonchev–Trinajstić information content (AvgIpc) is 3.42. The maximum absolute atomic E-state index is 13.1. The molecule has 0 radical (unpaired) electrons. The number of sulfonamides is 1. The molecule has 6 nitrogen and oxygen atoms in total. The molecule has 0 saturated heterocycles. The molecule has 3 heterocycles. The zero-order valence-corrected chi connectivity index (χ0v) is 15.8. The van der Waals surface area contributed by atoms with Crippen molar-refractivity contribution >= 4 is 37.8 Å². The van der Waals surface area contributed by atoms with Crippen molar-refractivity contribution in [2.75, 3.05) is 4.31 Å². The van der Waals surface area contributed by atoms with E-state index in [1.807, 2.05) is 17.5 Å². The predicted molar refractivity (Wildman–Crippen MR) is 102 cm³/mol. The summed E-state index contributed by atoms with van der Waals surface area (Å²) in [6, 6.07) is 12.1. The Kier molecular flexibility index (Phi) is 4.58. The third kappa shape index (κ3) is 3.28. The second kappa shape index (κ2) is 7.02. The Morgan fingerprint density at radius 3 is 2.58 bits per heavy atom. The lowest BCUT2D eigenvalue weighted by molar-refractivity contribution is 0.573. The normalized spacial score (nSPS) is 11.5. The quantitative estimate of drug-likeness (QED) is 0.481. The van der Waals surface area contributed by atoms with Crippen LogP contribution in [-0.2, 0) is 16.6 Å². The summed E-state index contributed by atoms with van der Waals surface area (Å²) in [5.74, 6) is 0.478. The van der Waals surface area contributed by atoms with E-state index in [0.29, 0.717) is 16.7 Å². The van der Waals surface area contributed by atoms with Gasteiger partial charge in [0.15, 0.2) is 5.13 Å². The largest absolute Gasteiger partial charge is 0.443 e. The fourth-order valence-electron chi connectivity index (χ4n) is 2.35. The highest BCUT2D eigenvalue weighted by atomic mass is 32.2. The van der Waals surface area contributed by atoms with Gasteiger partial charge in [0.2, 0.25) is 5.89 Å². The van der Waals surface area contributed by atoms with Gasteiger partial charge in [-0.15, -0.1) is 22.7 Å². The van der Waals surface area contributed by atoms with E-state index in [-0.39, 0.29) is 11.4 Å². The van der Waals surface area contributed by atoms with Crippen LogP contribution in [0.1, 0.15) is 5.69 Å². The summed E-state index contributed by atoms with van der Waals surface area (Å²) in [6.45, 7) is 0.0413. The molecule has 0 N–H and O–H groups in total. The second-order valence-electron chi connectivity index (χ2n) is 5.26. The van der Waals surface area contributed by atoms with Crippen molar-refractivity contribution in [1.29, 1.82) is 0 Å². The third-order valence-corrected chi connectivity index (χ3v) is 7.07. The smallest absolute Gasteiger partial charge is 0.266 e. The van der Waals surface area contributed by atoms with E-state index in [1.165, 1.54) is 33.2 Å². The number of thiazole rings is 1. The van der Waals surface area contributed by atoms with Crippen LogP contribution in [0.3, 0.4) is 0 Å². The summed E-state index contributed by atoms with van der Waals surface area (Å²) in [6.07, 6.45) is 3.06. The molecule has 0 bridgehead atoms. The van der Waals surface area contributed by atoms with E-state index in [4.69, 9.17) is 4.42 Å². The zero-order chi connectivity index (χ0) is 18.0. The van der Waals surface area contributed by atoms with Crippen molar-refractivity contribution < 1.29 is 12.8 Å². The van der Waals surface area contributed by atoms with Gasteiger partial charge in [-0.1, -0.05) is 24.3 Å². The van der Waals surface area contributed by atoms with Gasteiger partial charge in [-0.2, -0.15) is 0 Å². The van der Waals surface area contributed by atoms with E-state index >= 15 is 0 Å². The van der Waals surface area contributed by atoms with E-state index in [1.54, 1.807) is 41.9 Å². The summed E-state index contributed by atoms with van der Waals surface area (Å²) in [5.41, 5.74) is 0.517. The lowest BCUT2D eigenvalue weighted by Gasteiger charge is -2.20. The molecule has 0 aliphatic rings. The average molecular weight is 404 g/mol. The van der Waals surface area contributed by atoms with Gasteiger partial charge in [-0.05, 0) is 23.6 Å². The molecule has 3 aromatic heterocycles. The number of hydrogen-bond acceptors (Lipinski definition) is 7. The highest BCUT2D eigenvalue weighted by Crippen LogP contribution is 2.29. The SMILES string of the molecule is O=S(=O)(c1ccccc1)N(Cc1coc(-c2cccs2)n1)c1nccs1. The van der Waals surface area contributed by atoms with E-state index in [9.17, 15) is 8.42 Å². The van der Waals surface area contributed by atoms with E-state index in [0.717, 1.165) is 4.88 Å². The van der Waals surface area contributed by atoms with Crippen molar-refractivity contribution in [3.63, 3.8) is 0 Å². The number of oxazole rings is 1. The molecular formula is C17H13N3O3S3. The van der Waals surface area contributed by atoms with Crippen LogP contribution in [0.15, 0.2) is 75.0 Å². The number of benzene rings is 1. The van der Waals surface area contributed by atoms with Crippen LogP contribution in [0, 0.1) is 0 Å². The molecule has 26 heavy (non-hydrogen) atoms. The van der Waals surface area contributed by atoms with Gasteiger partial charge in [-0.3, -0.25) is 0 Å². The summed E-state index contributed by atoms with van der Waals surface area (Å²) in [4.78, 5) is 9.69. The fourth-order valence-corrected chi connectivity index (χ4v) is 5.29. The van der Waals surface area contributed by atoms with Gasteiger partial charge in [-0.25, -0.2) is 22.7 Å². The third-order valence-electron chi connectivity index (χ3n) is 3.55. The zero-order valence-electron chi connectivity index (χ0n) is 13.3. The Balaban J connectivity index is 1.69. The molecule has 4 rings (SSSR count). The molecule has 0 atom stereocenters. The monoisotopic (exact) mass is 403 g/mol. The van der Waals surface area contributed by atoms with E-state index in [2.05, 4.69) is 9.97 Å². The topological polar surface area (TPSA) is 76.3 Å². The number of hydrogen-bond donors (Lipinski definition) is 0. The highest BCUT2D eigenvalue weighted by molar-refractivity contribution is 7.93. The molecule has 9 heteroatoms. The van der Waals surface area contributed by atoms with Crippen LogP contribution < -0.4 is 4.31 Å². The standard InChI is InChI=1S/C17H13N3O3S3/c21-26(22,14-5-2-1-3-6-14)20(17-18-8-10-25-17)11-13-12-23-16(19-13)15-7-4-9-24-15/h1-10,12H,11H2. The van der Waals surface area contributed by atoms with Crippen LogP contribution in [0.25, 0.3) is 10.8 Å². The van der Waals surface area contributed by atoms with Crippen molar-refractivity contribution in [3.8, 4) is 10.8 Å². The number of anilines is 1. The number of thiophene rings is 1. The Morgan fingerprint density at radius 1 is 1.04 bits per heavy atom. The van der Waals surface area contributed by atoms with Crippen molar-refractivity contribution in [2.45, 2.75) is 11.4 Å². The molecule has 0 aliphatic heterocycles. The lowest BCUT2D eigenvalue weighted by atomic mass is 10.4. The Bertz CT molecular complexity index is 1070. The van der Waals surface area contributed by atoms with Gasteiger partial charge in [0, 0.05) is 11.6 Å². The molecule has 0 aliphatic carbocycles. The van der Waals surface area contributed by atoms with Crippen LogP contribution in [-0.4, -0.2) is 18.4 Å². The molecule has 0 spiro atoms. The summed E-state index contributed by atoms with van der Waals surface area (Å²) < 4.78 is 33.0. The maximum Gasteiger partial charge on any atom is 0.266 e. The van der Waals surface area contributed by atoms with Gasteiger partial charge in [0.1, 0.15) is 12.0 Å². The molecule has 0 unspecified atom stereocenters. The van der Waals surface area contributed by atoms with Crippen LogP contribution in [0.5, 0.6) is 0 Å². The van der Waals surface area contributed by atoms with Crippen LogP contribution >= 0.6 is 22.7 Å². The van der Waals surface area contributed by atoms with Crippen molar-refractivity contribution in [1.82, 2.24) is 9.97 Å². The molecule has 0 amide bonds. The van der Waals surface area contributed by atoms with Gasteiger partial charge >= 0.3 is 0 Å². The van der Waals surface area contributed by atoms with Gasteiger partial charge in [0.05, 0.1) is 16.3 Å². The fraction of sp³-hybridized carbons (Fsp3) is 0.0588. The van der Waals surface area contributed by atoms with Gasteiger partial charge in [0.25, 0.3) is 10.0 Å². The minimum Gasteiger partial charge on any atom is -0.443 e.